The Kier molecular flexibility index (Phi) is 7.68. The van der Waals surface area contributed by atoms with Crippen molar-refractivity contribution in [3.05, 3.63) is 63.4 Å². The molecule has 2 aromatic carbocycles. The van der Waals surface area contributed by atoms with Crippen molar-refractivity contribution in [1.82, 2.24) is 24.9 Å². The van der Waals surface area contributed by atoms with E-state index in [1.807, 2.05) is 18.2 Å². The first-order valence-corrected chi connectivity index (χ1v) is 12.9. The third kappa shape index (κ3) is 5.33. The van der Waals surface area contributed by atoms with Crippen molar-refractivity contribution < 1.29 is 13.2 Å². The van der Waals surface area contributed by atoms with Crippen LogP contribution in [0.4, 0.5) is 0 Å². The molecule has 1 heterocycles. The highest BCUT2D eigenvalue weighted by molar-refractivity contribution is 7.89. The second kappa shape index (κ2) is 10.7. The molecule has 0 saturated heterocycles. The summed E-state index contributed by atoms with van der Waals surface area (Å²) in [6, 6.07) is 11.3. The van der Waals surface area contributed by atoms with E-state index in [0.717, 1.165) is 19.3 Å². The van der Waals surface area contributed by atoms with E-state index in [1.165, 1.54) is 33.6 Å². The molecule has 3 aromatic rings. The number of fused-ring (bicyclic) bond motifs is 1. The molecule has 0 saturated carbocycles. The third-order valence-corrected chi connectivity index (χ3v) is 8.29. The van der Waals surface area contributed by atoms with Crippen LogP contribution in [0, 0.1) is 11.3 Å². The molecule has 0 fully saturated rings. The van der Waals surface area contributed by atoms with Crippen molar-refractivity contribution in [2.45, 2.75) is 43.0 Å². The second-order valence-corrected chi connectivity index (χ2v) is 10.5. The number of nitriles is 1. The van der Waals surface area contributed by atoms with Gasteiger partial charge in [-0.25, -0.2) is 8.42 Å². The maximum absolute atomic E-state index is 13.7. The number of aromatic nitrogens is 4. The van der Waals surface area contributed by atoms with Gasteiger partial charge in [-0.05, 0) is 67.1 Å². The molecule has 12 heteroatoms. The molecule has 0 radical (unpaired) electrons. The lowest BCUT2D eigenvalue weighted by Crippen LogP contribution is -2.38. The van der Waals surface area contributed by atoms with Crippen LogP contribution in [-0.2, 0) is 22.9 Å². The number of rotatable bonds is 10. The summed E-state index contributed by atoms with van der Waals surface area (Å²) in [6.45, 7) is 0.0487. The Hall–Kier alpha value is -2.71. The summed E-state index contributed by atoms with van der Waals surface area (Å²) in [5, 5.41) is 23.3. The van der Waals surface area contributed by atoms with Gasteiger partial charge in [-0.1, -0.05) is 34.5 Å². The highest BCUT2D eigenvalue weighted by Gasteiger charge is 2.36. The average molecular weight is 521 g/mol. The van der Waals surface area contributed by atoms with E-state index in [1.54, 1.807) is 0 Å². The number of aryl methyl sites for hydroxylation is 2. The first-order chi connectivity index (χ1) is 16.4. The number of nitrogens with zero attached hydrogens (tertiary/aromatic N) is 5. The van der Waals surface area contributed by atoms with Gasteiger partial charge in [-0.15, -0.1) is 10.2 Å². The zero-order valence-corrected chi connectivity index (χ0v) is 20.4. The lowest BCUT2D eigenvalue weighted by Gasteiger charge is -2.29. The lowest BCUT2D eigenvalue weighted by atomic mass is 10.1. The highest BCUT2D eigenvalue weighted by Crippen LogP contribution is 2.33. The molecule has 0 spiro atoms. The van der Waals surface area contributed by atoms with Crippen molar-refractivity contribution in [3.63, 3.8) is 0 Å². The normalized spacial score (nSPS) is 14.1. The van der Waals surface area contributed by atoms with E-state index in [4.69, 9.17) is 33.2 Å². The zero-order valence-electron chi connectivity index (χ0n) is 18.1. The van der Waals surface area contributed by atoms with Crippen LogP contribution in [0.2, 0.25) is 10.0 Å². The van der Waals surface area contributed by atoms with Gasteiger partial charge in [-0.2, -0.15) is 14.8 Å². The molecule has 1 aliphatic rings. The molecule has 178 valence electrons. The monoisotopic (exact) mass is 520 g/mol. The predicted molar refractivity (Wildman–Crippen MR) is 126 cm³/mol. The van der Waals surface area contributed by atoms with Gasteiger partial charge in [0.15, 0.2) is 5.82 Å². The van der Waals surface area contributed by atoms with Crippen molar-refractivity contribution in [2.24, 2.45) is 0 Å². The lowest BCUT2D eigenvalue weighted by molar-refractivity contribution is 0.231. The summed E-state index contributed by atoms with van der Waals surface area (Å²) >= 11 is 12.2. The van der Waals surface area contributed by atoms with Crippen molar-refractivity contribution in [3.8, 4) is 11.8 Å². The maximum atomic E-state index is 13.7. The fourth-order valence-corrected chi connectivity index (χ4v) is 6.41. The molecule has 34 heavy (non-hydrogen) atoms. The summed E-state index contributed by atoms with van der Waals surface area (Å²) in [5.74, 6) is 0.831. The Balaban J connectivity index is 1.63. The number of halogens is 2. The number of nitrogens with one attached hydrogen (secondary N) is 1. The topological polar surface area (TPSA) is 125 Å². The smallest absolute Gasteiger partial charge is 0.245 e. The Labute approximate surface area is 207 Å². The number of aromatic amines is 1. The quantitative estimate of drug-likeness (QED) is 0.426. The van der Waals surface area contributed by atoms with E-state index in [0.29, 0.717) is 10.8 Å². The van der Waals surface area contributed by atoms with Crippen molar-refractivity contribution >= 4 is 33.2 Å². The molecule has 1 aliphatic carbocycles. The molecule has 4 rings (SSSR count). The Morgan fingerprint density at radius 2 is 2.00 bits per heavy atom. The highest BCUT2D eigenvalue weighted by atomic mass is 35.5. The van der Waals surface area contributed by atoms with E-state index in [9.17, 15) is 8.42 Å². The molecular weight excluding hydrogens is 499 g/mol. The number of benzene rings is 2. The predicted octanol–water partition coefficient (Wildman–Crippen LogP) is 4.11. The number of ether oxygens (including phenoxy) is 1. The van der Waals surface area contributed by atoms with Gasteiger partial charge >= 0.3 is 0 Å². The molecular formula is C22H22Cl2N6O3S. The molecule has 1 N–H and O–H groups in total. The molecule has 1 unspecified atom stereocenters. The van der Waals surface area contributed by atoms with Gasteiger partial charge in [0.25, 0.3) is 0 Å². The van der Waals surface area contributed by atoms with E-state index < -0.39 is 16.1 Å². The van der Waals surface area contributed by atoms with E-state index >= 15 is 0 Å². The van der Waals surface area contributed by atoms with E-state index in [-0.39, 0.29) is 41.7 Å². The molecule has 0 amide bonds. The van der Waals surface area contributed by atoms with Gasteiger partial charge < -0.3 is 4.74 Å². The summed E-state index contributed by atoms with van der Waals surface area (Å²) in [7, 11) is -4.14. The van der Waals surface area contributed by atoms with Gasteiger partial charge in [-0.3, -0.25) is 0 Å². The zero-order chi connectivity index (χ0) is 24.1. The average Bonchev–Trinajstić information content (AvgIpc) is 3.49. The number of hydrogen-bond acceptors (Lipinski definition) is 7. The van der Waals surface area contributed by atoms with Crippen LogP contribution in [0.3, 0.4) is 0 Å². The summed E-state index contributed by atoms with van der Waals surface area (Å²) < 4.78 is 34.6. The Morgan fingerprint density at radius 1 is 1.18 bits per heavy atom. The molecule has 1 atom stereocenters. The second-order valence-electron chi connectivity index (χ2n) is 7.81. The molecule has 1 aromatic heterocycles. The van der Waals surface area contributed by atoms with Crippen molar-refractivity contribution in [1.29, 1.82) is 5.26 Å². The maximum Gasteiger partial charge on any atom is 0.245 e. The SMILES string of the molecule is N#CCCC(c1nn[nH]n1)N(CCOc1ccc2c(c1)CCC2)S(=O)(=O)c1ccc(Cl)cc1Cl. The third-order valence-electron chi connectivity index (χ3n) is 5.67. The van der Waals surface area contributed by atoms with Crippen LogP contribution in [0.25, 0.3) is 0 Å². The largest absolute Gasteiger partial charge is 0.492 e. The summed E-state index contributed by atoms with van der Waals surface area (Å²) in [6.07, 6.45) is 3.45. The molecule has 9 nitrogen and oxygen atoms in total. The number of H-pyrrole nitrogens is 1. The molecule has 0 aliphatic heterocycles. The fraction of sp³-hybridized carbons (Fsp3) is 0.364. The number of tetrazole rings is 1. The fourth-order valence-electron chi connectivity index (χ4n) is 4.06. The van der Waals surface area contributed by atoms with Crippen molar-refractivity contribution in [2.75, 3.05) is 13.2 Å². The molecule has 0 bridgehead atoms. The summed E-state index contributed by atoms with van der Waals surface area (Å²) in [5.41, 5.74) is 2.58. The number of sulfonamides is 1. The van der Waals surface area contributed by atoms with Gasteiger partial charge in [0.2, 0.25) is 10.0 Å². The van der Waals surface area contributed by atoms with Gasteiger partial charge in [0, 0.05) is 18.0 Å². The summed E-state index contributed by atoms with van der Waals surface area (Å²) in [4.78, 5) is -0.110. The van der Waals surface area contributed by atoms with Crippen LogP contribution in [-0.4, -0.2) is 46.5 Å². The Bertz CT molecular complexity index is 1290. The van der Waals surface area contributed by atoms with Gasteiger partial charge in [0.05, 0.1) is 17.1 Å². The van der Waals surface area contributed by atoms with Crippen LogP contribution < -0.4 is 4.74 Å². The van der Waals surface area contributed by atoms with E-state index in [2.05, 4.69) is 26.7 Å². The standard InChI is InChI=1S/C22H22Cl2N6O3S/c23-17-7-9-21(19(24)14-17)34(31,32)30(20(5-2-10-25)22-26-28-29-27-22)11-12-33-18-8-6-15-3-1-4-16(15)13-18/h6-9,13-14,20H,1-5,11-12H2,(H,26,27,28,29). The van der Waals surface area contributed by atoms with Crippen LogP contribution in [0.1, 0.15) is 42.3 Å². The van der Waals surface area contributed by atoms with Crippen LogP contribution in [0.15, 0.2) is 41.3 Å². The first-order valence-electron chi connectivity index (χ1n) is 10.7. The minimum absolute atomic E-state index is 0.0100. The number of hydrogen-bond donors (Lipinski definition) is 1. The minimum Gasteiger partial charge on any atom is -0.492 e. The Morgan fingerprint density at radius 3 is 2.74 bits per heavy atom. The minimum atomic E-state index is -4.14. The van der Waals surface area contributed by atoms with Crippen LogP contribution >= 0.6 is 23.2 Å². The van der Waals surface area contributed by atoms with Crippen LogP contribution in [0.5, 0.6) is 5.75 Å². The first kappa shape index (κ1) is 24.4. The van der Waals surface area contributed by atoms with Gasteiger partial charge in [0.1, 0.15) is 17.3 Å².